The van der Waals surface area contributed by atoms with Crippen molar-refractivity contribution in [1.29, 1.82) is 0 Å². The van der Waals surface area contributed by atoms with Crippen LogP contribution in [-0.4, -0.2) is 23.5 Å². The van der Waals surface area contributed by atoms with E-state index in [1.54, 1.807) is 0 Å². The fourth-order valence-electron chi connectivity index (χ4n) is 4.92. The highest BCUT2D eigenvalue weighted by Gasteiger charge is 2.68. The van der Waals surface area contributed by atoms with Crippen LogP contribution in [0.1, 0.15) is 46.5 Å². The standard InChI is InChI=1S/C15H23NO4/c1-8-4-5-11-9(2)12(17)16-13-15(11)10(8)6-7-14(3,18-13)19-20-15/h8-11,13H,4-7H2,1-3H3,(H,16,17)/t8-,9-,10+,11+,13-,14-,15-/m1/s1/i16+1. The van der Waals surface area contributed by atoms with Crippen LogP contribution in [0.3, 0.4) is 0 Å². The average molecular weight is 282 g/mol. The van der Waals surface area contributed by atoms with Gasteiger partial charge in [-0.05, 0) is 38.0 Å². The highest BCUT2D eigenvalue weighted by atomic mass is 17.3. The Hall–Kier alpha value is -0.650. The normalized spacial score (nSPS) is 57.8. The van der Waals surface area contributed by atoms with Gasteiger partial charge >= 0.3 is 0 Å². The summed E-state index contributed by atoms with van der Waals surface area (Å²) in [5.41, 5.74) is -0.499. The van der Waals surface area contributed by atoms with Gasteiger partial charge in [0.2, 0.25) is 11.7 Å². The lowest BCUT2D eigenvalue weighted by Crippen LogP contribution is -2.74. The van der Waals surface area contributed by atoms with Crippen molar-refractivity contribution >= 4 is 5.91 Å². The Labute approximate surface area is 119 Å². The van der Waals surface area contributed by atoms with Gasteiger partial charge in [0.1, 0.15) is 0 Å². The summed E-state index contributed by atoms with van der Waals surface area (Å²) in [6.45, 7) is 6.19. The minimum Gasteiger partial charge on any atom is -0.328 e. The van der Waals surface area contributed by atoms with Gasteiger partial charge in [-0.1, -0.05) is 13.8 Å². The third-order valence-corrected chi connectivity index (χ3v) is 6.12. The first-order valence-electron chi connectivity index (χ1n) is 7.81. The maximum Gasteiger partial charge on any atom is 0.225 e. The van der Waals surface area contributed by atoms with Crippen molar-refractivity contribution in [3.8, 4) is 0 Å². The van der Waals surface area contributed by atoms with Crippen molar-refractivity contribution in [1.82, 2.24) is 5.32 Å². The first-order chi connectivity index (χ1) is 9.46. The molecule has 4 aliphatic heterocycles. The average Bonchev–Trinajstić information content (AvgIpc) is 2.63. The maximum absolute atomic E-state index is 12.2. The number of rotatable bonds is 0. The molecule has 1 N–H and O–H groups in total. The third kappa shape index (κ3) is 1.46. The highest BCUT2D eigenvalue weighted by Crippen LogP contribution is 2.58. The summed E-state index contributed by atoms with van der Waals surface area (Å²) >= 11 is 0. The molecule has 5 heteroatoms. The Morgan fingerprint density at radius 3 is 2.75 bits per heavy atom. The summed E-state index contributed by atoms with van der Waals surface area (Å²) in [7, 11) is 0. The van der Waals surface area contributed by atoms with Crippen LogP contribution in [-0.2, 0) is 19.3 Å². The molecule has 2 bridgehead atoms. The fourth-order valence-corrected chi connectivity index (χ4v) is 4.92. The number of hydrogen-bond donors (Lipinski definition) is 1. The topological polar surface area (TPSA) is 56.8 Å². The molecule has 0 aromatic heterocycles. The van der Waals surface area contributed by atoms with Crippen LogP contribution in [0.15, 0.2) is 0 Å². The zero-order chi connectivity index (χ0) is 14.1. The van der Waals surface area contributed by atoms with Gasteiger partial charge in [0.25, 0.3) is 0 Å². The summed E-state index contributed by atoms with van der Waals surface area (Å²) in [4.78, 5) is 23.9. The second kappa shape index (κ2) is 3.96. The molecule has 5 nitrogen and oxygen atoms in total. The highest BCUT2D eigenvalue weighted by molar-refractivity contribution is 5.80. The second-order valence-electron chi connectivity index (χ2n) is 7.26. The van der Waals surface area contributed by atoms with Crippen LogP contribution in [0.5, 0.6) is 0 Å². The number of ether oxygens (including phenoxy) is 1. The Morgan fingerprint density at radius 2 is 1.95 bits per heavy atom. The fraction of sp³-hybridized carbons (Fsp3) is 0.933. The van der Waals surface area contributed by atoms with E-state index in [1.807, 2.05) is 13.8 Å². The Kier molecular flexibility index (Phi) is 2.58. The molecule has 0 radical (unpaired) electrons. The monoisotopic (exact) mass is 282 g/mol. The molecule has 5 aliphatic rings. The smallest absolute Gasteiger partial charge is 0.225 e. The lowest BCUT2D eigenvalue weighted by molar-refractivity contribution is -0.538. The first kappa shape index (κ1) is 13.0. The van der Waals surface area contributed by atoms with Gasteiger partial charge in [0.15, 0.2) is 11.8 Å². The molecule has 5 fully saturated rings. The molecule has 4 saturated heterocycles. The number of carbonyl (C=O) groups is 1. The summed E-state index contributed by atoms with van der Waals surface area (Å²) in [5.74, 6) is 0.452. The van der Waals surface area contributed by atoms with Crippen LogP contribution in [0.25, 0.3) is 0 Å². The molecule has 20 heavy (non-hydrogen) atoms. The Bertz CT molecular complexity index is 455. The lowest BCUT2D eigenvalue weighted by Gasteiger charge is -2.58. The van der Waals surface area contributed by atoms with Gasteiger partial charge < -0.3 is 10.1 Å². The molecule has 1 spiro atoms. The minimum atomic E-state index is -0.731. The van der Waals surface area contributed by atoms with Gasteiger partial charge in [-0.25, -0.2) is 9.78 Å². The Morgan fingerprint density at radius 1 is 1.15 bits per heavy atom. The maximum atomic E-state index is 12.2. The van der Waals surface area contributed by atoms with E-state index in [2.05, 4.69) is 12.2 Å². The van der Waals surface area contributed by atoms with E-state index in [-0.39, 0.29) is 24.0 Å². The van der Waals surface area contributed by atoms with Crippen molar-refractivity contribution in [3.63, 3.8) is 0 Å². The molecule has 0 unspecified atom stereocenters. The molecule has 4 heterocycles. The molecule has 0 aromatic rings. The largest absolute Gasteiger partial charge is 0.328 e. The van der Waals surface area contributed by atoms with Crippen LogP contribution in [0.4, 0.5) is 0 Å². The zero-order valence-corrected chi connectivity index (χ0v) is 12.3. The zero-order valence-electron chi connectivity index (χ0n) is 12.3. The van der Waals surface area contributed by atoms with Crippen LogP contribution in [0, 0.1) is 23.7 Å². The van der Waals surface area contributed by atoms with Gasteiger partial charge in [-0.2, -0.15) is 0 Å². The van der Waals surface area contributed by atoms with E-state index in [1.165, 1.54) is 0 Å². The SMILES string of the molecule is C[C@@H]1CC[C@H]2[C@@H](C)C(=O)[15NH][C@@H]3O[C@@]4(C)CC[C@@H]1[C@]32OO4. The van der Waals surface area contributed by atoms with E-state index < -0.39 is 11.4 Å². The summed E-state index contributed by atoms with van der Waals surface area (Å²) in [5, 5.41) is 3.04. The minimum absolute atomic E-state index is 0.0455. The number of amides is 1. The van der Waals surface area contributed by atoms with E-state index >= 15 is 0 Å². The number of fused-ring (bicyclic) bond motifs is 2. The van der Waals surface area contributed by atoms with E-state index in [4.69, 9.17) is 14.5 Å². The predicted octanol–water partition coefficient (Wildman–Crippen LogP) is 1.97. The van der Waals surface area contributed by atoms with Crippen molar-refractivity contribution in [2.45, 2.75) is 64.1 Å². The molecule has 7 atom stereocenters. The van der Waals surface area contributed by atoms with Crippen molar-refractivity contribution in [3.05, 3.63) is 0 Å². The van der Waals surface area contributed by atoms with Gasteiger partial charge in [-0.3, -0.25) is 4.79 Å². The molecule has 1 aliphatic carbocycles. The van der Waals surface area contributed by atoms with Crippen LogP contribution in [0.2, 0.25) is 0 Å². The summed E-state index contributed by atoms with van der Waals surface area (Å²) < 4.78 is 6.12. The van der Waals surface area contributed by atoms with E-state index in [9.17, 15) is 4.79 Å². The first-order valence-corrected chi connectivity index (χ1v) is 7.81. The molecule has 1 amide bonds. The van der Waals surface area contributed by atoms with Crippen molar-refractivity contribution in [2.24, 2.45) is 23.7 Å². The van der Waals surface area contributed by atoms with Gasteiger partial charge in [0, 0.05) is 18.3 Å². The number of carbonyl (C=O) groups excluding carboxylic acids is 1. The molecule has 112 valence electrons. The van der Waals surface area contributed by atoms with Gasteiger partial charge in [0.05, 0.1) is 0 Å². The van der Waals surface area contributed by atoms with Crippen LogP contribution >= 0.6 is 0 Å². The quantitative estimate of drug-likeness (QED) is 0.545. The Balaban J connectivity index is 1.84. The van der Waals surface area contributed by atoms with Crippen molar-refractivity contribution < 1.29 is 19.3 Å². The number of piperidine rings is 1. The second-order valence-corrected chi connectivity index (χ2v) is 7.26. The van der Waals surface area contributed by atoms with Crippen LogP contribution < -0.4 is 5.32 Å². The van der Waals surface area contributed by atoms with Gasteiger partial charge in [-0.15, -0.1) is 0 Å². The lowest BCUT2D eigenvalue weighted by atomic mass is 9.58. The summed E-state index contributed by atoms with van der Waals surface area (Å²) in [6, 6.07) is 0. The van der Waals surface area contributed by atoms with E-state index in [0.29, 0.717) is 11.8 Å². The molecular weight excluding hydrogens is 259 g/mol. The van der Waals surface area contributed by atoms with Crippen molar-refractivity contribution in [2.75, 3.05) is 0 Å². The summed E-state index contributed by atoms with van der Waals surface area (Å²) in [6.07, 6.45) is 3.64. The molecular formula is C15H23NO4. The molecule has 5 rings (SSSR count). The predicted molar refractivity (Wildman–Crippen MR) is 70.1 cm³/mol. The van der Waals surface area contributed by atoms with E-state index in [0.717, 1.165) is 25.7 Å². The number of nitrogens with one attached hydrogen (secondary N) is 1. The molecule has 1 saturated carbocycles. The molecule has 0 aromatic carbocycles. The third-order valence-electron chi connectivity index (χ3n) is 6.12. The number of hydrogen-bond acceptors (Lipinski definition) is 4.